The summed E-state index contributed by atoms with van der Waals surface area (Å²) in [5, 5.41) is 4.14. The summed E-state index contributed by atoms with van der Waals surface area (Å²) in [4.78, 5) is 0. The second-order valence-corrected chi connectivity index (χ2v) is 4.60. The molecule has 2 N–H and O–H groups in total. The SMILES string of the molecule is CC[C@H](N)c1ccccc1OCCc1ccnn1C. The van der Waals surface area contributed by atoms with Crippen molar-refractivity contribution in [2.45, 2.75) is 25.8 Å². The van der Waals surface area contributed by atoms with E-state index in [9.17, 15) is 0 Å². The van der Waals surface area contributed by atoms with Crippen LogP contribution in [0.25, 0.3) is 0 Å². The Balaban J connectivity index is 1.98. The molecule has 2 rings (SSSR count). The Morgan fingerprint density at radius 3 is 2.79 bits per heavy atom. The molecule has 0 aliphatic heterocycles. The lowest BCUT2D eigenvalue weighted by atomic mass is 10.0. The molecule has 102 valence electrons. The van der Waals surface area contributed by atoms with E-state index in [2.05, 4.69) is 12.0 Å². The van der Waals surface area contributed by atoms with E-state index in [0.717, 1.165) is 29.8 Å². The summed E-state index contributed by atoms with van der Waals surface area (Å²) >= 11 is 0. The minimum absolute atomic E-state index is 0.0351. The highest BCUT2D eigenvalue weighted by Crippen LogP contribution is 2.25. The second-order valence-electron chi connectivity index (χ2n) is 4.60. The zero-order chi connectivity index (χ0) is 13.7. The average molecular weight is 259 g/mol. The van der Waals surface area contributed by atoms with Crippen molar-refractivity contribution in [2.75, 3.05) is 6.61 Å². The molecule has 0 saturated carbocycles. The third-order valence-corrected chi connectivity index (χ3v) is 3.30. The maximum atomic E-state index is 6.09. The summed E-state index contributed by atoms with van der Waals surface area (Å²) in [7, 11) is 1.94. The number of ether oxygens (including phenoxy) is 1. The second kappa shape index (κ2) is 6.38. The van der Waals surface area contributed by atoms with Crippen LogP contribution in [0.3, 0.4) is 0 Å². The van der Waals surface area contributed by atoms with Crippen LogP contribution in [-0.4, -0.2) is 16.4 Å². The van der Waals surface area contributed by atoms with Gasteiger partial charge in [0.1, 0.15) is 5.75 Å². The summed E-state index contributed by atoms with van der Waals surface area (Å²) < 4.78 is 7.74. The lowest BCUT2D eigenvalue weighted by Gasteiger charge is -2.15. The fraction of sp³-hybridized carbons (Fsp3) is 0.400. The number of rotatable bonds is 6. The van der Waals surface area contributed by atoms with Crippen molar-refractivity contribution >= 4 is 0 Å². The third kappa shape index (κ3) is 3.35. The first-order valence-electron chi connectivity index (χ1n) is 6.66. The van der Waals surface area contributed by atoms with Crippen molar-refractivity contribution in [1.82, 2.24) is 9.78 Å². The lowest BCUT2D eigenvalue weighted by Crippen LogP contribution is -2.12. The van der Waals surface area contributed by atoms with Crippen molar-refractivity contribution in [3.63, 3.8) is 0 Å². The molecule has 19 heavy (non-hydrogen) atoms. The van der Waals surface area contributed by atoms with E-state index in [1.165, 1.54) is 0 Å². The van der Waals surface area contributed by atoms with Gasteiger partial charge in [-0.1, -0.05) is 25.1 Å². The number of aryl methyl sites for hydroxylation is 1. The van der Waals surface area contributed by atoms with Gasteiger partial charge in [0.05, 0.1) is 6.61 Å². The van der Waals surface area contributed by atoms with Crippen LogP contribution in [0, 0.1) is 0 Å². The third-order valence-electron chi connectivity index (χ3n) is 3.30. The quantitative estimate of drug-likeness (QED) is 0.867. The predicted octanol–water partition coefficient (Wildman–Crippen LogP) is 2.45. The molecular formula is C15H21N3O. The molecular weight excluding hydrogens is 238 g/mol. The Morgan fingerprint density at radius 2 is 2.11 bits per heavy atom. The number of para-hydroxylation sites is 1. The van der Waals surface area contributed by atoms with Gasteiger partial charge in [0.15, 0.2) is 0 Å². The molecule has 1 aromatic carbocycles. The molecule has 2 aromatic rings. The molecule has 0 unspecified atom stereocenters. The number of hydrogen-bond acceptors (Lipinski definition) is 3. The number of benzene rings is 1. The van der Waals surface area contributed by atoms with Crippen LogP contribution in [0.2, 0.25) is 0 Å². The molecule has 4 nitrogen and oxygen atoms in total. The van der Waals surface area contributed by atoms with Gasteiger partial charge in [-0.25, -0.2) is 0 Å². The van der Waals surface area contributed by atoms with Gasteiger partial charge in [-0.15, -0.1) is 0 Å². The standard InChI is InChI=1S/C15H21N3O/c1-3-14(16)13-6-4-5-7-15(13)19-11-9-12-8-10-17-18(12)2/h4-8,10,14H,3,9,11,16H2,1-2H3/t14-/m0/s1. The van der Waals surface area contributed by atoms with E-state index in [1.54, 1.807) is 6.20 Å². The monoisotopic (exact) mass is 259 g/mol. The zero-order valence-corrected chi connectivity index (χ0v) is 11.5. The number of nitrogens with zero attached hydrogens (tertiary/aromatic N) is 2. The Morgan fingerprint density at radius 1 is 1.32 bits per heavy atom. The fourth-order valence-electron chi connectivity index (χ4n) is 2.05. The van der Waals surface area contributed by atoms with Crippen LogP contribution >= 0.6 is 0 Å². The van der Waals surface area contributed by atoms with E-state index in [1.807, 2.05) is 42.1 Å². The summed E-state index contributed by atoms with van der Waals surface area (Å²) in [6, 6.07) is 10.0. The Bertz CT molecular complexity index is 522. The molecule has 0 fully saturated rings. The van der Waals surface area contributed by atoms with Gasteiger partial charge >= 0.3 is 0 Å². The minimum atomic E-state index is 0.0351. The van der Waals surface area contributed by atoms with Crippen LogP contribution in [0.1, 0.15) is 30.6 Å². The normalized spacial score (nSPS) is 12.4. The fourth-order valence-corrected chi connectivity index (χ4v) is 2.05. The van der Waals surface area contributed by atoms with E-state index < -0.39 is 0 Å². The summed E-state index contributed by atoms with van der Waals surface area (Å²) in [5.41, 5.74) is 8.33. The number of hydrogen-bond donors (Lipinski definition) is 1. The van der Waals surface area contributed by atoms with Crippen LogP contribution in [0.15, 0.2) is 36.5 Å². The first-order valence-corrected chi connectivity index (χ1v) is 6.66. The van der Waals surface area contributed by atoms with Crippen LogP contribution in [0.4, 0.5) is 0 Å². The smallest absolute Gasteiger partial charge is 0.124 e. The lowest BCUT2D eigenvalue weighted by molar-refractivity contribution is 0.313. The van der Waals surface area contributed by atoms with E-state index >= 15 is 0 Å². The molecule has 1 heterocycles. The molecule has 0 amide bonds. The first kappa shape index (κ1) is 13.6. The van der Waals surface area contributed by atoms with Gasteiger partial charge in [0, 0.05) is 37.0 Å². The number of nitrogens with two attached hydrogens (primary N) is 1. The molecule has 0 aliphatic rings. The van der Waals surface area contributed by atoms with Gasteiger partial charge in [-0.05, 0) is 18.6 Å². The molecule has 0 bridgehead atoms. The van der Waals surface area contributed by atoms with Crippen molar-refractivity contribution in [1.29, 1.82) is 0 Å². The maximum Gasteiger partial charge on any atom is 0.124 e. The summed E-state index contributed by atoms with van der Waals surface area (Å²) in [6.07, 6.45) is 3.55. The van der Waals surface area contributed by atoms with Gasteiger partial charge in [-0.2, -0.15) is 5.10 Å². The molecule has 0 aliphatic carbocycles. The van der Waals surface area contributed by atoms with Gasteiger partial charge in [-0.3, -0.25) is 4.68 Å². The highest BCUT2D eigenvalue weighted by molar-refractivity contribution is 5.35. The molecule has 1 atom stereocenters. The van der Waals surface area contributed by atoms with E-state index in [4.69, 9.17) is 10.5 Å². The van der Waals surface area contributed by atoms with Crippen LogP contribution < -0.4 is 10.5 Å². The predicted molar refractivity (Wildman–Crippen MR) is 76.1 cm³/mol. The minimum Gasteiger partial charge on any atom is -0.493 e. The van der Waals surface area contributed by atoms with Gasteiger partial charge in [0.25, 0.3) is 0 Å². The average Bonchev–Trinajstić information content (AvgIpc) is 2.84. The van der Waals surface area contributed by atoms with E-state index in [0.29, 0.717) is 6.61 Å². The first-order chi connectivity index (χ1) is 9.22. The molecule has 0 spiro atoms. The molecule has 1 aromatic heterocycles. The van der Waals surface area contributed by atoms with Crippen LogP contribution in [0.5, 0.6) is 5.75 Å². The zero-order valence-electron chi connectivity index (χ0n) is 11.5. The highest BCUT2D eigenvalue weighted by Gasteiger charge is 2.09. The van der Waals surface area contributed by atoms with Crippen molar-refractivity contribution < 1.29 is 4.74 Å². The molecule has 4 heteroatoms. The van der Waals surface area contributed by atoms with Gasteiger partial charge < -0.3 is 10.5 Å². The highest BCUT2D eigenvalue weighted by atomic mass is 16.5. The molecule has 0 saturated heterocycles. The maximum absolute atomic E-state index is 6.09. The van der Waals surface area contributed by atoms with E-state index in [-0.39, 0.29) is 6.04 Å². The molecule has 0 radical (unpaired) electrons. The van der Waals surface area contributed by atoms with Crippen molar-refractivity contribution in [2.24, 2.45) is 12.8 Å². The van der Waals surface area contributed by atoms with Crippen molar-refractivity contribution in [3.05, 3.63) is 47.8 Å². The van der Waals surface area contributed by atoms with Crippen LogP contribution in [-0.2, 0) is 13.5 Å². The van der Waals surface area contributed by atoms with Gasteiger partial charge in [0.2, 0.25) is 0 Å². The largest absolute Gasteiger partial charge is 0.493 e. The Labute approximate surface area is 114 Å². The van der Waals surface area contributed by atoms with Crippen molar-refractivity contribution in [3.8, 4) is 5.75 Å². The topological polar surface area (TPSA) is 53.1 Å². The Hall–Kier alpha value is -1.81. The Kier molecular flexibility index (Phi) is 4.58. The number of aromatic nitrogens is 2. The summed E-state index contributed by atoms with van der Waals surface area (Å²) in [5.74, 6) is 0.888. The summed E-state index contributed by atoms with van der Waals surface area (Å²) in [6.45, 7) is 2.71.